The van der Waals surface area contributed by atoms with E-state index in [9.17, 15) is 19.8 Å². The number of carbonyl (C=O) groups excluding carboxylic acids is 2. The summed E-state index contributed by atoms with van der Waals surface area (Å²) in [5.41, 5.74) is 6.53. The maximum absolute atomic E-state index is 12.9. The summed E-state index contributed by atoms with van der Waals surface area (Å²) in [6.45, 7) is 2.43. The molecule has 4 aromatic rings. The van der Waals surface area contributed by atoms with Crippen molar-refractivity contribution in [2.24, 2.45) is 0 Å². The summed E-state index contributed by atoms with van der Waals surface area (Å²) in [5, 5.41) is 25.3. The Bertz CT molecular complexity index is 1700. The van der Waals surface area contributed by atoms with Crippen LogP contribution in [0.25, 0.3) is 11.1 Å². The number of β-amino-alcohol motifs (C(OH)–C–C–N with tert-alkyl or cyclic N) is 1. The van der Waals surface area contributed by atoms with E-state index < -0.39 is 24.3 Å². The van der Waals surface area contributed by atoms with Gasteiger partial charge in [-0.15, -0.1) is 0 Å². The number of hydrogen-bond donors (Lipinski definition) is 4. The van der Waals surface area contributed by atoms with Crippen molar-refractivity contribution in [1.82, 2.24) is 15.5 Å². The highest BCUT2D eigenvalue weighted by molar-refractivity contribution is 5.84. The maximum atomic E-state index is 12.9. The summed E-state index contributed by atoms with van der Waals surface area (Å²) in [6, 6.07) is 32.0. The number of benzene rings is 4. The van der Waals surface area contributed by atoms with E-state index in [1.807, 2.05) is 103 Å². The fourth-order valence-electron chi connectivity index (χ4n) is 6.65. The van der Waals surface area contributed by atoms with E-state index in [2.05, 4.69) is 15.5 Å². The average Bonchev–Trinajstić information content (AvgIpc) is 3.57. The van der Waals surface area contributed by atoms with Crippen LogP contribution in [-0.2, 0) is 38.6 Å². The van der Waals surface area contributed by atoms with E-state index in [0.717, 1.165) is 51.9 Å². The number of methoxy groups -OCH3 is 1. The highest BCUT2D eigenvalue weighted by atomic mass is 16.7. The maximum Gasteiger partial charge on any atom is 0.328 e. The number of nitrogens with zero attached hydrogens (tertiary/aromatic N) is 1. The zero-order valence-electron chi connectivity index (χ0n) is 28.2. The van der Waals surface area contributed by atoms with Crippen LogP contribution in [0.5, 0.6) is 0 Å². The van der Waals surface area contributed by atoms with Crippen molar-refractivity contribution >= 4 is 12.0 Å². The first-order chi connectivity index (χ1) is 24.4. The Morgan fingerprint density at radius 2 is 1.62 bits per heavy atom. The molecule has 50 heavy (non-hydrogen) atoms. The van der Waals surface area contributed by atoms with Gasteiger partial charge in [0.05, 0.1) is 32.0 Å². The predicted molar refractivity (Wildman–Crippen MR) is 189 cm³/mol. The lowest BCUT2D eigenvalue weighted by Gasteiger charge is -2.38. The number of esters is 1. The van der Waals surface area contributed by atoms with Crippen molar-refractivity contribution in [2.45, 2.75) is 63.1 Å². The molecule has 0 unspecified atom stereocenters. The van der Waals surface area contributed by atoms with Crippen molar-refractivity contribution < 1.29 is 34.0 Å². The number of carbonyl (C=O) groups is 2. The van der Waals surface area contributed by atoms with Crippen LogP contribution in [0.15, 0.2) is 103 Å². The Kier molecular flexibility index (Phi) is 11.9. The third kappa shape index (κ3) is 9.15. The number of likely N-dealkylation sites (tertiary alicyclic amines) is 1. The summed E-state index contributed by atoms with van der Waals surface area (Å²) in [7, 11) is 1.31. The van der Waals surface area contributed by atoms with E-state index in [1.54, 1.807) is 0 Å². The van der Waals surface area contributed by atoms with Crippen LogP contribution >= 0.6 is 0 Å². The van der Waals surface area contributed by atoms with Crippen LogP contribution < -0.4 is 10.6 Å². The number of aliphatic hydroxyl groups is 2. The normalized spacial score (nSPS) is 21.3. The molecule has 10 heteroatoms. The molecule has 2 heterocycles. The first-order valence-electron chi connectivity index (χ1n) is 17.1. The SMILES string of the molecule is COC(=O)[C@H](Cc1ccccc1)NC(=O)NCc1ccccc1-c1ccc([C@H]2O[C@@H](CN3CC[C@H](O)C3)C[C@@H](c3ccc(CO)cc3)O2)cc1. The van der Waals surface area contributed by atoms with Gasteiger partial charge in [-0.2, -0.15) is 0 Å². The van der Waals surface area contributed by atoms with Gasteiger partial charge >= 0.3 is 12.0 Å². The molecular formula is C40H45N3O7. The molecule has 10 nitrogen and oxygen atoms in total. The first-order valence-corrected chi connectivity index (χ1v) is 17.1. The van der Waals surface area contributed by atoms with E-state index in [1.165, 1.54) is 7.11 Å². The smallest absolute Gasteiger partial charge is 0.328 e. The van der Waals surface area contributed by atoms with Gasteiger partial charge in [0.25, 0.3) is 0 Å². The second kappa shape index (κ2) is 16.9. The number of urea groups is 1. The fraction of sp³-hybridized carbons (Fsp3) is 0.350. The van der Waals surface area contributed by atoms with E-state index in [4.69, 9.17) is 14.2 Å². The van der Waals surface area contributed by atoms with Crippen molar-refractivity contribution in [1.29, 1.82) is 0 Å². The average molecular weight is 680 g/mol. The van der Waals surface area contributed by atoms with Crippen LogP contribution in [0.3, 0.4) is 0 Å². The lowest BCUT2D eigenvalue weighted by Crippen LogP contribution is -2.47. The van der Waals surface area contributed by atoms with Crippen LogP contribution in [0, 0.1) is 0 Å². The minimum atomic E-state index is -0.824. The molecular weight excluding hydrogens is 634 g/mol. The van der Waals surface area contributed by atoms with Crippen LogP contribution in [-0.4, -0.2) is 72.1 Å². The molecule has 5 atom stereocenters. The molecule has 4 aromatic carbocycles. The van der Waals surface area contributed by atoms with Crippen molar-refractivity contribution in [3.63, 3.8) is 0 Å². The quantitative estimate of drug-likeness (QED) is 0.153. The number of nitrogens with one attached hydrogen (secondary N) is 2. The number of aliphatic hydroxyl groups excluding tert-OH is 2. The standard InChI is InChI=1S/C40H45N3O7/c1-48-38(46)36(21-27-7-3-2-4-8-27)42-40(47)41-23-32-9-5-6-10-35(32)29-15-17-31(18-16-29)39-49-34(25-43-20-19-33(45)24-43)22-37(50-39)30-13-11-28(26-44)12-14-30/h2-18,33-34,36-37,39,44-45H,19-26H2,1H3,(H2,41,42,47)/t33-,34+,36-,37-,39-/m0/s1. The molecule has 0 aromatic heterocycles. The van der Waals surface area contributed by atoms with Gasteiger partial charge in [0.15, 0.2) is 6.29 Å². The summed E-state index contributed by atoms with van der Waals surface area (Å²) >= 11 is 0. The van der Waals surface area contributed by atoms with E-state index in [-0.39, 0.29) is 31.5 Å². The lowest BCUT2D eigenvalue weighted by atomic mass is 9.97. The molecule has 2 fully saturated rings. The molecule has 4 N–H and O–H groups in total. The van der Waals surface area contributed by atoms with Gasteiger partial charge in [-0.3, -0.25) is 4.90 Å². The van der Waals surface area contributed by atoms with Gasteiger partial charge in [0.1, 0.15) is 6.04 Å². The van der Waals surface area contributed by atoms with Crippen LogP contribution in [0.4, 0.5) is 4.79 Å². The van der Waals surface area contributed by atoms with Crippen molar-refractivity contribution in [3.05, 3.63) is 131 Å². The van der Waals surface area contributed by atoms with Gasteiger partial charge in [-0.25, -0.2) is 9.59 Å². The Morgan fingerprint density at radius 3 is 2.32 bits per heavy atom. The molecule has 0 saturated carbocycles. The van der Waals surface area contributed by atoms with E-state index in [0.29, 0.717) is 25.9 Å². The molecule has 2 saturated heterocycles. The molecule has 262 valence electrons. The third-order valence-electron chi connectivity index (χ3n) is 9.35. The summed E-state index contributed by atoms with van der Waals surface area (Å²) < 4.78 is 18.0. The highest BCUT2D eigenvalue weighted by Gasteiger charge is 2.34. The zero-order chi connectivity index (χ0) is 34.9. The Labute approximate surface area is 293 Å². The largest absolute Gasteiger partial charge is 0.467 e. The Morgan fingerprint density at radius 1 is 0.900 bits per heavy atom. The molecule has 2 aliphatic rings. The molecule has 2 amide bonds. The van der Waals surface area contributed by atoms with Crippen LogP contribution in [0.1, 0.15) is 53.1 Å². The van der Waals surface area contributed by atoms with Gasteiger partial charge in [0.2, 0.25) is 0 Å². The monoisotopic (exact) mass is 679 g/mol. The molecule has 0 radical (unpaired) electrons. The van der Waals surface area contributed by atoms with Gasteiger partial charge in [-0.05, 0) is 39.8 Å². The van der Waals surface area contributed by atoms with Crippen molar-refractivity contribution in [2.75, 3.05) is 26.7 Å². The fourth-order valence-corrected chi connectivity index (χ4v) is 6.65. The summed E-state index contributed by atoms with van der Waals surface area (Å²) in [5.74, 6) is -0.512. The Hall–Kier alpha value is -4.58. The zero-order valence-corrected chi connectivity index (χ0v) is 28.2. The molecule has 0 spiro atoms. The number of rotatable bonds is 12. The first kappa shape index (κ1) is 35.3. The predicted octanol–water partition coefficient (Wildman–Crippen LogP) is 5.04. The second-order valence-corrected chi connectivity index (χ2v) is 12.9. The lowest BCUT2D eigenvalue weighted by molar-refractivity contribution is -0.252. The van der Waals surface area contributed by atoms with Gasteiger partial charge < -0.3 is 35.1 Å². The molecule has 0 bridgehead atoms. The van der Waals surface area contributed by atoms with Crippen molar-refractivity contribution in [3.8, 4) is 11.1 Å². The second-order valence-electron chi connectivity index (χ2n) is 12.9. The van der Waals surface area contributed by atoms with Crippen LogP contribution in [0.2, 0.25) is 0 Å². The number of amides is 2. The number of hydrogen-bond acceptors (Lipinski definition) is 8. The number of ether oxygens (including phenoxy) is 3. The summed E-state index contributed by atoms with van der Waals surface area (Å²) in [4.78, 5) is 27.6. The Balaban J connectivity index is 1.13. The minimum Gasteiger partial charge on any atom is -0.467 e. The minimum absolute atomic E-state index is 0.0131. The van der Waals surface area contributed by atoms with E-state index >= 15 is 0 Å². The van der Waals surface area contributed by atoms with Gasteiger partial charge in [-0.1, -0.05) is 103 Å². The summed E-state index contributed by atoms with van der Waals surface area (Å²) in [6.07, 6.45) is 0.594. The topological polar surface area (TPSA) is 130 Å². The molecule has 6 rings (SSSR count). The third-order valence-corrected chi connectivity index (χ3v) is 9.35. The molecule has 0 aliphatic carbocycles. The van der Waals surface area contributed by atoms with Gasteiger partial charge in [0, 0.05) is 44.6 Å². The molecule has 2 aliphatic heterocycles. The highest BCUT2D eigenvalue weighted by Crippen LogP contribution is 2.39.